The highest BCUT2D eigenvalue weighted by Crippen LogP contribution is 2.29. The number of nitrogen functional groups attached to an aromatic ring is 1. The van der Waals surface area contributed by atoms with E-state index < -0.39 is 172 Å². The topological polar surface area (TPSA) is 574 Å². The van der Waals surface area contributed by atoms with Gasteiger partial charge in [-0.15, -0.1) is 0 Å². The van der Waals surface area contributed by atoms with E-state index in [-0.39, 0.29) is 106 Å². The molecule has 0 aromatic heterocycles. The summed E-state index contributed by atoms with van der Waals surface area (Å²) < 4.78 is 0. The van der Waals surface area contributed by atoms with Crippen LogP contribution in [-0.4, -0.2) is 160 Å². The first-order valence-corrected chi connectivity index (χ1v) is 30.2. The van der Waals surface area contributed by atoms with Gasteiger partial charge in [0.15, 0.2) is 5.96 Å². The smallest absolute Gasteiger partial charge is 0.303 e. The average molecular weight is 1310 g/mol. The molecule has 0 bridgehead atoms. The number of non-ortho nitro benzene ring substituents is 1. The standard InChI is InChI=1S/C58H90N18O17/c1-8-32(6)48(57(89)69-38(49(61)81)16-11-12-24-64-37-19-18-34(75(90)91)28-44(37)76(92)93)74-54(86)41(21-23-47(79)80)72-56(88)43(27-31(4)5)73-50(82)33(7)67-52(84)39(17-13-25-65-58(62)63)70-53(85)40(20-22-45(60)77)71-55(87)42(26-30(2)3)68-46(78)29-66-51(83)35-14-9-10-15-36(35)59/h9-10,14-15,18-19,28,30-33,38-43,48,64H,8,11-13,16-17,20-27,29,59H2,1-7H3,(H2,60,77)(H2,61,81)(H,66,83)(H,67,84)(H,68,78)(H,69,89)(H,70,85)(H,71,87)(H,72,88)(H,73,82)(H,74,86)(H,79,80)(H4,62,63,65)/t32-,33-,38-,39-,40-,41-,42-,43-,48-/m0/s1. The third-order valence-electron chi connectivity index (χ3n) is 14.3. The van der Waals surface area contributed by atoms with E-state index >= 15 is 0 Å². The number of nitro benzene ring substituents is 2. The predicted octanol–water partition coefficient (Wildman–Crippen LogP) is -1.20. The molecule has 2 aromatic rings. The number of aliphatic imine (C=N–C) groups is 1. The van der Waals surface area contributed by atoms with Crippen molar-refractivity contribution in [3.63, 3.8) is 0 Å². The second-order valence-corrected chi connectivity index (χ2v) is 23.0. The Hall–Kier alpha value is -10.2. The SMILES string of the molecule is CC[C@H](C)[C@H](NC(=O)[C@H](CCC(=O)O)NC(=O)[C@H](CC(C)C)NC(=O)[C@H](C)NC(=O)[C@H](CCCN=C(N)N)NC(=O)[C@H](CCC(N)=O)NC(=O)[C@H](CC(C)C)NC(=O)CNC(=O)c1ccccc1N)C(=O)N[C@@H](CCCCNc1ccc([N+](=O)[O-])cc1[N+](=O)[O-])C(N)=O. The summed E-state index contributed by atoms with van der Waals surface area (Å²) >= 11 is 0. The summed E-state index contributed by atoms with van der Waals surface area (Å²) in [6.45, 7) is 11.0. The molecule has 0 aliphatic heterocycles. The lowest BCUT2D eigenvalue weighted by molar-refractivity contribution is -0.393. The summed E-state index contributed by atoms with van der Waals surface area (Å²) in [6.07, 6.45) is -1.40. The molecule has 514 valence electrons. The number of nitrogens with two attached hydrogens (primary N) is 5. The van der Waals surface area contributed by atoms with Crippen molar-refractivity contribution in [2.45, 2.75) is 174 Å². The van der Waals surface area contributed by atoms with E-state index in [1.54, 1.807) is 53.7 Å². The van der Waals surface area contributed by atoms with Gasteiger partial charge in [-0.2, -0.15) is 0 Å². The number of amides is 11. The number of nitrogens with zero attached hydrogens (tertiary/aromatic N) is 3. The summed E-state index contributed by atoms with van der Waals surface area (Å²) in [5.41, 5.74) is 27.2. The van der Waals surface area contributed by atoms with Crippen LogP contribution in [0.1, 0.15) is 136 Å². The zero-order valence-corrected chi connectivity index (χ0v) is 53.2. The normalized spacial score (nSPS) is 13.9. The van der Waals surface area contributed by atoms with Crippen LogP contribution in [0.5, 0.6) is 0 Å². The number of hydrogen-bond donors (Lipinski definition) is 16. The summed E-state index contributed by atoms with van der Waals surface area (Å²) in [6, 6.07) is -2.33. The number of nitro groups is 2. The second kappa shape index (κ2) is 39.8. The van der Waals surface area contributed by atoms with Gasteiger partial charge in [0, 0.05) is 37.7 Å². The number of nitrogens with one attached hydrogen (secondary N) is 10. The number of carbonyl (C=O) groups is 12. The van der Waals surface area contributed by atoms with Crippen LogP contribution < -0.4 is 81.8 Å². The minimum atomic E-state index is -1.64. The quantitative estimate of drug-likeness (QED) is 0.00926. The summed E-state index contributed by atoms with van der Waals surface area (Å²) in [4.78, 5) is 186. The summed E-state index contributed by atoms with van der Waals surface area (Å²) in [5.74, 6) is -12.7. The van der Waals surface area contributed by atoms with Crippen LogP contribution in [0.15, 0.2) is 47.5 Å². The van der Waals surface area contributed by atoms with Crippen LogP contribution in [0.3, 0.4) is 0 Å². The zero-order valence-electron chi connectivity index (χ0n) is 53.2. The number of anilines is 2. The Kier molecular flexibility index (Phi) is 33.7. The Balaban J connectivity index is 2.32. The van der Waals surface area contributed by atoms with Gasteiger partial charge in [0.1, 0.15) is 54.0 Å². The molecule has 11 amide bonds. The van der Waals surface area contributed by atoms with E-state index in [0.29, 0.717) is 0 Å². The molecule has 2 rings (SSSR count). The fourth-order valence-corrected chi connectivity index (χ4v) is 9.10. The average Bonchev–Trinajstić information content (AvgIpc) is 0.987. The molecular formula is C58H90N18O17. The first-order valence-electron chi connectivity index (χ1n) is 30.2. The molecule has 0 fully saturated rings. The van der Waals surface area contributed by atoms with Crippen LogP contribution in [0.4, 0.5) is 22.7 Å². The molecular weight excluding hydrogens is 1220 g/mol. The molecule has 9 atom stereocenters. The first kappa shape index (κ1) is 78.8. The molecule has 35 heteroatoms. The third kappa shape index (κ3) is 29.1. The Bertz CT molecular complexity index is 3010. The number of benzene rings is 2. The summed E-state index contributed by atoms with van der Waals surface area (Å²) in [7, 11) is 0. The van der Waals surface area contributed by atoms with Gasteiger partial charge in [0.05, 0.1) is 28.0 Å². The van der Waals surface area contributed by atoms with Crippen molar-refractivity contribution in [1.29, 1.82) is 0 Å². The fourth-order valence-electron chi connectivity index (χ4n) is 9.10. The molecule has 0 aliphatic rings. The van der Waals surface area contributed by atoms with Crippen molar-refractivity contribution in [2.24, 2.45) is 45.7 Å². The zero-order chi connectivity index (χ0) is 70.2. The molecule has 0 spiro atoms. The van der Waals surface area contributed by atoms with Crippen LogP contribution in [0.25, 0.3) is 0 Å². The van der Waals surface area contributed by atoms with E-state index in [1.807, 2.05) is 0 Å². The van der Waals surface area contributed by atoms with Gasteiger partial charge in [0.25, 0.3) is 17.3 Å². The first-order chi connectivity index (χ1) is 43.6. The van der Waals surface area contributed by atoms with Gasteiger partial charge in [-0.1, -0.05) is 60.1 Å². The number of carbonyl (C=O) groups excluding carboxylic acids is 11. The fraction of sp³-hybridized carbons (Fsp3) is 0.569. The molecule has 0 radical (unpaired) electrons. The minimum absolute atomic E-state index is 0.00661. The Morgan fingerprint density at radius 2 is 1.10 bits per heavy atom. The lowest BCUT2D eigenvalue weighted by Crippen LogP contribution is -2.60. The highest BCUT2D eigenvalue weighted by atomic mass is 16.6. The second-order valence-electron chi connectivity index (χ2n) is 23.0. The maximum atomic E-state index is 14.2. The van der Waals surface area contributed by atoms with Crippen molar-refractivity contribution < 1.29 is 72.5 Å². The molecule has 0 unspecified atom stereocenters. The number of guanidine groups is 1. The number of carboxylic acids is 1. The van der Waals surface area contributed by atoms with Crippen LogP contribution in [0, 0.1) is 38.0 Å². The van der Waals surface area contributed by atoms with Crippen molar-refractivity contribution in [3.8, 4) is 0 Å². The molecule has 0 heterocycles. The molecule has 2 aromatic carbocycles. The number of unbranched alkanes of at least 4 members (excludes halogenated alkanes) is 1. The monoisotopic (exact) mass is 1310 g/mol. The number of carboxylic acid groups (broad SMARTS) is 1. The summed E-state index contributed by atoms with van der Waals surface area (Å²) in [5, 5.41) is 57.8. The lowest BCUT2D eigenvalue weighted by atomic mass is 9.96. The highest BCUT2D eigenvalue weighted by Gasteiger charge is 2.36. The van der Waals surface area contributed by atoms with E-state index in [4.69, 9.17) is 28.7 Å². The van der Waals surface area contributed by atoms with Crippen molar-refractivity contribution >= 4 is 99.7 Å². The number of hydrogen-bond acceptors (Lipinski definition) is 19. The van der Waals surface area contributed by atoms with Gasteiger partial charge in [0.2, 0.25) is 59.1 Å². The Morgan fingerprint density at radius 1 is 0.581 bits per heavy atom. The molecule has 35 nitrogen and oxygen atoms in total. The molecule has 0 saturated heterocycles. The van der Waals surface area contributed by atoms with Gasteiger partial charge >= 0.3 is 5.97 Å². The molecule has 0 aliphatic carbocycles. The van der Waals surface area contributed by atoms with Crippen LogP contribution in [0.2, 0.25) is 0 Å². The van der Waals surface area contributed by atoms with E-state index in [1.165, 1.54) is 25.1 Å². The highest BCUT2D eigenvalue weighted by molar-refractivity contribution is 6.02. The molecule has 93 heavy (non-hydrogen) atoms. The maximum Gasteiger partial charge on any atom is 0.303 e. The molecule has 21 N–H and O–H groups in total. The van der Waals surface area contributed by atoms with Crippen LogP contribution in [-0.2, 0) is 52.7 Å². The van der Waals surface area contributed by atoms with Gasteiger partial charge in [-0.05, 0) is 101 Å². The largest absolute Gasteiger partial charge is 0.481 e. The van der Waals surface area contributed by atoms with E-state index in [9.17, 15) is 82.9 Å². The van der Waals surface area contributed by atoms with Gasteiger partial charge in [-0.3, -0.25) is 82.8 Å². The van der Waals surface area contributed by atoms with Gasteiger partial charge < -0.3 is 86.9 Å². The number of aliphatic carboxylic acids is 1. The van der Waals surface area contributed by atoms with Gasteiger partial charge in [-0.25, -0.2) is 0 Å². The maximum absolute atomic E-state index is 14.2. The van der Waals surface area contributed by atoms with Crippen LogP contribution >= 0.6 is 0 Å². The van der Waals surface area contributed by atoms with E-state index in [0.717, 1.165) is 12.1 Å². The van der Waals surface area contributed by atoms with Crippen molar-refractivity contribution in [2.75, 3.05) is 30.7 Å². The number of para-hydroxylation sites is 1. The van der Waals surface area contributed by atoms with Crippen molar-refractivity contribution in [1.82, 2.24) is 47.9 Å². The Labute approximate surface area is 536 Å². The Morgan fingerprint density at radius 3 is 1.62 bits per heavy atom. The number of rotatable bonds is 43. The molecule has 0 saturated carbocycles. The van der Waals surface area contributed by atoms with E-state index in [2.05, 4.69) is 58.2 Å². The van der Waals surface area contributed by atoms with Crippen molar-refractivity contribution in [3.05, 3.63) is 68.3 Å². The third-order valence-corrected chi connectivity index (χ3v) is 14.3. The lowest BCUT2D eigenvalue weighted by Gasteiger charge is -2.29. The minimum Gasteiger partial charge on any atom is -0.481 e. The predicted molar refractivity (Wildman–Crippen MR) is 339 cm³/mol. The number of primary amides is 2.